The van der Waals surface area contributed by atoms with Crippen LogP contribution in [-0.2, 0) is 9.78 Å². The van der Waals surface area contributed by atoms with E-state index in [4.69, 9.17) is 20.2 Å². The number of hydrogen-bond donors (Lipinski definition) is 1. The highest BCUT2D eigenvalue weighted by atomic mass is 17.2. The van der Waals surface area contributed by atoms with Gasteiger partial charge in [0.05, 0.1) is 0 Å². The molecule has 5 aliphatic carbocycles. The molecule has 1 saturated heterocycles. The maximum Gasteiger partial charge on any atom is 0.119 e. The summed E-state index contributed by atoms with van der Waals surface area (Å²) in [6.45, 7) is 4.50. The number of ether oxygens (including phenoxy) is 1. The standard InChI is InChI=1S/C27H39NO3/c1-25(2,28)17-29-24-7-5-20(6-8-24)21-4-3-9-26(15-21)16-27(31-30-26)22-11-18-10-19(13-22)14-23(27)12-18/h5-8,18-19,21-23H,3-4,9-17,28H2,1-2H3/t18?,19?,21-,22?,23?,26-,27?/m1/s1. The van der Waals surface area contributed by atoms with E-state index in [1.165, 1.54) is 50.5 Å². The number of hydrogen-bond acceptors (Lipinski definition) is 4. The minimum atomic E-state index is -0.317. The van der Waals surface area contributed by atoms with Gasteiger partial charge in [-0.25, -0.2) is 9.78 Å². The van der Waals surface area contributed by atoms with Crippen molar-refractivity contribution in [3.8, 4) is 5.75 Å². The fourth-order valence-electron chi connectivity index (χ4n) is 8.09. The lowest BCUT2D eigenvalue weighted by molar-refractivity contribution is -0.385. The van der Waals surface area contributed by atoms with Gasteiger partial charge in [0.1, 0.15) is 23.6 Å². The average Bonchev–Trinajstić information content (AvgIpc) is 3.09. The van der Waals surface area contributed by atoms with Crippen molar-refractivity contribution in [1.82, 2.24) is 0 Å². The summed E-state index contributed by atoms with van der Waals surface area (Å²) in [5.74, 6) is 4.87. The van der Waals surface area contributed by atoms with Crippen molar-refractivity contribution in [2.24, 2.45) is 29.4 Å². The topological polar surface area (TPSA) is 53.7 Å². The molecule has 4 heteroatoms. The zero-order chi connectivity index (χ0) is 21.3. The van der Waals surface area contributed by atoms with E-state index < -0.39 is 0 Å². The summed E-state index contributed by atoms with van der Waals surface area (Å²) in [4.78, 5) is 12.8. The Bertz CT molecular complexity index is 785. The van der Waals surface area contributed by atoms with E-state index in [2.05, 4.69) is 24.3 Å². The molecular weight excluding hydrogens is 386 g/mol. The van der Waals surface area contributed by atoms with Gasteiger partial charge in [0.2, 0.25) is 0 Å². The van der Waals surface area contributed by atoms with Gasteiger partial charge in [-0.05, 0) is 119 Å². The van der Waals surface area contributed by atoms with Gasteiger partial charge in [-0.2, -0.15) is 0 Å². The second-order valence-electron chi connectivity index (χ2n) is 12.4. The number of benzene rings is 1. The van der Waals surface area contributed by atoms with Crippen LogP contribution in [0.5, 0.6) is 5.75 Å². The molecular formula is C27H39NO3. The molecule has 4 nitrogen and oxygen atoms in total. The Morgan fingerprint density at radius 2 is 1.68 bits per heavy atom. The molecule has 2 N–H and O–H groups in total. The summed E-state index contributed by atoms with van der Waals surface area (Å²) in [6, 6.07) is 8.70. The van der Waals surface area contributed by atoms with Crippen LogP contribution in [-0.4, -0.2) is 23.3 Å². The van der Waals surface area contributed by atoms with Crippen molar-refractivity contribution in [1.29, 1.82) is 0 Å². The van der Waals surface area contributed by atoms with Crippen LogP contribution in [0.1, 0.15) is 89.5 Å². The highest BCUT2D eigenvalue weighted by Gasteiger charge is 2.65. The molecule has 2 atom stereocenters. The molecule has 1 aliphatic heterocycles. The largest absolute Gasteiger partial charge is 0.492 e. The maximum absolute atomic E-state index is 6.45. The van der Waals surface area contributed by atoms with Crippen LogP contribution in [0.15, 0.2) is 24.3 Å². The van der Waals surface area contributed by atoms with Crippen LogP contribution in [0.4, 0.5) is 0 Å². The van der Waals surface area contributed by atoms with E-state index in [9.17, 15) is 0 Å². The molecule has 4 bridgehead atoms. The van der Waals surface area contributed by atoms with Gasteiger partial charge < -0.3 is 10.5 Å². The normalized spacial score (nSPS) is 43.8. The first kappa shape index (κ1) is 20.5. The smallest absolute Gasteiger partial charge is 0.119 e. The second kappa shape index (κ2) is 7.20. The minimum Gasteiger partial charge on any atom is -0.492 e. The average molecular weight is 426 g/mol. The first-order valence-corrected chi connectivity index (χ1v) is 12.7. The first-order chi connectivity index (χ1) is 14.8. The van der Waals surface area contributed by atoms with E-state index >= 15 is 0 Å². The van der Waals surface area contributed by atoms with Gasteiger partial charge in [-0.1, -0.05) is 12.1 Å². The third kappa shape index (κ3) is 3.63. The van der Waals surface area contributed by atoms with E-state index in [0.29, 0.717) is 12.5 Å². The molecule has 1 aromatic rings. The molecule has 1 aromatic carbocycles. The summed E-state index contributed by atoms with van der Waals surface area (Å²) in [7, 11) is 0. The van der Waals surface area contributed by atoms with Gasteiger partial charge in [0.15, 0.2) is 0 Å². The Balaban J connectivity index is 1.15. The summed E-state index contributed by atoms with van der Waals surface area (Å²) in [5, 5.41) is 0. The molecule has 31 heavy (non-hydrogen) atoms. The molecule has 0 amide bonds. The third-order valence-corrected chi connectivity index (χ3v) is 9.26. The fraction of sp³-hybridized carbons (Fsp3) is 0.778. The van der Waals surface area contributed by atoms with Crippen molar-refractivity contribution in [2.45, 2.75) is 101 Å². The van der Waals surface area contributed by atoms with E-state index in [0.717, 1.165) is 48.7 Å². The zero-order valence-electron chi connectivity index (χ0n) is 19.3. The molecule has 5 saturated carbocycles. The van der Waals surface area contributed by atoms with Crippen molar-refractivity contribution in [3.05, 3.63) is 29.8 Å². The molecule has 170 valence electrons. The molecule has 1 heterocycles. The van der Waals surface area contributed by atoms with Crippen molar-refractivity contribution >= 4 is 0 Å². The summed E-state index contributed by atoms with van der Waals surface area (Å²) >= 11 is 0. The number of rotatable bonds is 4. The highest BCUT2D eigenvalue weighted by molar-refractivity contribution is 5.30. The van der Waals surface area contributed by atoms with Crippen LogP contribution in [0.2, 0.25) is 0 Å². The highest BCUT2D eigenvalue weighted by Crippen LogP contribution is 2.65. The second-order valence-corrected chi connectivity index (χ2v) is 12.4. The van der Waals surface area contributed by atoms with Gasteiger partial charge in [0.25, 0.3) is 0 Å². The minimum absolute atomic E-state index is 0.0298. The Kier molecular flexibility index (Phi) is 4.76. The van der Waals surface area contributed by atoms with Crippen LogP contribution in [0.25, 0.3) is 0 Å². The number of nitrogens with two attached hydrogens (primary N) is 1. The predicted octanol–water partition coefficient (Wildman–Crippen LogP) is 5.75. The SMILES string of the molecule is CC(C)(N)COc1ccc([C@@H]2CCC[C@@]3(C2)CC2(OO3)C3CC4CC(C3)CC2C4)cc1. The van der Waals surface area contributed by atoms with Gasteiger partial charge >= 0.3 is 0 Å². The monoisotopic (exact) mass is 425 g/mol. The van der Waals surface area contributed by atoms with E-state index in [1.54, 1.807) is 0 Å². The van der Waals surface area contributed by atoms with Gasteiger partial charge in [-0.15, -0.1) is 0 Å². The Hall–Kier alpha value is -1.10. The molecule has 7 rings (SSSR count). The summed E-state index contributed by atoms with van der Waals surface area (Å²) in [6.07, 6.45) is 12.9. The van der Waals surface area contributed by atoms with Gasteiger partial charge in [-0.3, -0.25) is 0 Å². The van der Waals surface area contributed by atoms with Crippen LogP contribution >= 0.6 is 0 Å². The van der Waals surface area contributed by atoms with Crippen molar-refractivity contribution in [3.63, 3.8) is 0 Å². The molecule has 0 aromatic heterocycles. The predicted molar refractivity (Wildman–Crippen MR) is 121 cm³/mol. The fourth-order valence-corrected chi connectivity index (χ4v) is 8.09. The summed E-state index contributed by atoms with van der Waals surface area (Å²) < 4.78 is 5.87. The van der Waals surface area contributed by atoms with Crippen LogP contribution in [0, 0.1) is 23.7 Å². The van der Waals surface area contributed by atoms with E-state index in [1.807, 2.05) is 13.8 Å². The lowest BCUT2D eigenvalue weighted by Crippen LogP contribution is -2.58. The van der Waals surface area contributed by atoms with Gasteiger partial charge in [0, 0.05) is 12.0 Å². The Morgan fingerprint density at radius 1 is 1.00 bits per heavy atom. The quantitative estimate of drug-likeness (QED) is 0.625. The van der Waals surface area contributed by atoms with Crippen LogP contribution in [0.3, 0.4) is 0 Å². The van der Waals surface area contributed by atoms with Crippen molar-refractivity contribution < 1.29 is 14.5 Å². The zero-order valence-corrected chi connectivity index (χ0v) is 19.3. The molecule has 0 radical (unpaired) electrons. The van der Waals surface area contributed by atoms with E-state index in [-0.39, 0.29) is 16.7 Å². The van der Waals surface area contributed by atoms with Crippen LogP contribution < -0.4 is 10.5 Å². The first-order valence-electron chi connectivity index (χ1n) is 12.7. The lowest BCUT2D eigenvalue weighted by Gasteiger charge is -2.58. The Morgan fingerprint density at radius 3 is 2.32 bits per heavy atom. The molecule has 6 aliphatic rings. The molecule has 6 fully saturated rings. The lowest BCUT2D eigenvalue weighted by atomic mass is 9.48. The molecule has 2 spiro atoms. The Labute approximate surface area is 187 Å². The summed E-state index contributed by atoms with van der Waals surface area (Å²) in [5.41, 5.74) is 7.10. The third-order valence-electron chi connectivity index (χ3n) is 9.26. The molecule has 0 unspecified atom stereocenters. The maximum atomic E-state index is 6.45. The van der Waals surface area contributed by atoms with Crippen molar-refractivity contribution in [2.75, 3.05) is 6.61 Å².